The van der Waals surface area contributed by atoms with Crippen LogP contribution in [0.4, 0.5) is 0 Å². The van der Waals surface area contributed by atoms with Gasteiger partial charge in [0.25, 0.3) is 0 Å². The molecule has 1 aliphatic rings. The second-order valence-electron chi connectivity index (χ2n) is 5.71. The monoisotopic (exact) mass is 285 g/mol. The fraction of sp³-hybridized carbons (Fsp3) is 0.733. The minimum atomic E-state index is 0.731. The maximum Gasteiger partial charge on any atom is 0.0931 e. The zero-order valence-corrected chi connectivity index (χ0v) is 13.0. The maximum absolute atomic E-state index is 5.95. The van der Waals surface area contributed by atoms with Crippen molar-refractivity contribution in [3.8, 4) is 0 Å². The van der Waals surface area contributed by atoms with Crippen LogP contribution in [0.5, 0.6) is 0 Å². The van der Waals surface area contributed by atoms with E-state index in [0.29, 0.717) is 0 Å². The number of nitrogens with one attached hydrogen (secondary N) is 1. The molecule has 0 radical (unpaired) electrons. The zero-order valence-electron chi connectivity index (χ0n) is 11.4. The minimum Gasteiger partial charge on any atom is -0.313 e. The first-order valence-electron chi connectivity index (χ1n) is 7.14. The van der Waals surface area contributed by atoms with Crippen LogP contribution in [0.3, 0.4) is 0 Å². The number of halogens is 1. The van der Waals surface area contributed by atoms with E-state index in [4.69, 9.17) is 11.6 Å². The standard InChI is InChI=1S/C15H24ClNS/c1-11(2)13-5-3-4-6-14(13)17-10-9-12-7-8-15(16)18-12/h7-8,11,13-14,17H,3-6,9-10H2,1-2H3. The summed E-state index contributed by atoms with van der Waals surface area (Å²) in [5.41, 5.74) is 0. The van der Waals surface area contributed by atoms with Gasteiger partial charge in [0.05, 0.1) is 4.34 Å². The molecule has 3 heteroatoms. The normalized spacial score (nSPS) is 24.7. The third kappa shape index (κ3) is 3.97. The van der Waals surface area contributed by atoms with E-state index < -0.39 is 0 Å². The average Bonchev–Trinajstić information content (AvgIpc) is 2.75. The number of hydrogen-bond acceptors (Lipinski definition) is 2. The molecule has 0 bridgehead atoms. The summed E-state index contributed by atoms with van der Waals surface area (Å²) >= 11 is 7.66. The van der Waals surface area contributed by atoms with Crippen molar-refractivity contribution in [2.45, 2.75) is 52.0 Å². The van der Waals surface area contributed by atoms with Gasteiger partial charge in [0, 0.05) is 17.5 Å². The Balaban J connectivity index is 1.77. The van der Waals surface area contributed by atoms with Gasteiger partial charge >= 0.3 is 0 Å². The van der Waals surface area contributed by atoms with Gasteiger partial charge in [-0.1, -0.05) is 38.3 Å². The van der Waals surface area contributed by atoms with Crippen LogP contribution in [0.15, 0.2) is 12.1 Å². The van der Waals surface area contributed by atoms with Crippen LogP contribution in [0, 0.1) is 11.8 Å². The van der Waals surface area contributed by atoms with Crippen molar-refractivity contribution in [3.63, 3.8) is 0 Å². The summed E-state index contributed by atoms with van der Waals surface area (Å²) in [6, 6.07) is 4.88. The Hall–Kier alpha value is -0.0500. The van der Waals surface area contributed by atoms with Gasteiger partial charge in [-0.25, -0.2) is 0 Å². The predicted octanol–water partition coefficient (Wildman–Crippen LogP) is 4.75. The SMILES string of the molecule is CC(C)C1CCCCC1NCCc1ccc(Cl)s1. The fourth-order valence-electron chi connectivity index (χ4n) is 3.08. The number of rotatable bonds is 5. The van der Waals surface area contributed by atoms with Crippen molar-refractivity contribution in [1.29, 1.82) is 0 Å². The molecule has 102 valence electrons. The molecule has 1 N–H and O–H groups in total. The Morgan fingerprint density at radius 2 is 2.11 bits per heavy atom. The van der Waals surface area contributed by atoms with E-state index in [1.165, 1.54) is 30.6 Å². The molecule has 2 atom stereocenters. The van der Waals surface area contributed by atoms with E-state index >= 15 is 0 Å². The Labute approximate surface area is 120 Å². The first-order valence-corrected chi connectivity index (χ1v) is 8.34. The van der Waals surface area contributed by atoms with Crippen molar-refractivity contribution in [2.75, 3.05) is 6.54 Å². The molecule has 1 aromatic rings. The molecular weight excluding hydrogens is 262 g/mol. The third-order valence-electron chi connectivity index (χ3n) is 4.08. The van der Waals surface area contributed by atoms with E-state index in [2.05, 4.69) is 25.2 Å². The Bertz CT molecular complexity index is 361. The molecule has 1 saturated carbocycles. The van der Waals surface area contributed by atoms with Gasteiger partial charge < -0.3 is 5.32 Å². The van der Waals surface area contributed by atoms with Crippen molar-refractivity contribution in [3.05, 3.63) is 21.3 Å². The van der Waals surface area contributed by atoms with Crippen LogP contribution in [0.1, 0.15) is 44.4 Å². The molecule has 0 aromatic carbocycles. The zero-order chi connectivity index (χ0) is 13.0. The van der Waals surface area contributed by atoms with Crippen LogP contribution < -0.4 is 5.32 Å². The topological polar surface area (TPSA) is 12.0 Å². The first-order chi connectivity index (χ1) is 8.66. The second-order valence-corrected chi connectivity index (χ2v) is 7.51. The van der Waals surface area contributed by atoms with Gasteiger partial charge in [-0.3, -0.25) is 0 Å². The van der Waals surface area contributed by atoms with E-state index in [-0.39, 0.29) is 0 Å². The molecule has 1 heterocycles. The van der Waals surface area contributed by atoms with Crippen molar-refractivity contribution >= 4 is 22.9 Å². The molecule has 1 aliphatic carbocycles. The van der Waals surface area contributed by atoms with Crippen LogP contribution in [-0.4, -0.2) is 12.6 Å². The van der Waals surface area contributed by atoms with Gasteiger partial charge in [-0.05, 0) is 43.2 Å². The highest BCUT2D eigenvalue weighted by Gasteiger charge is 2.26. The van der Waals surface area contributed by atoms with Crippen molar-refractivity contribution in [2.24, 2.45) is 11.8 Å². The second kappa shape index (κ2) is 6.93. The first kappa shape index (κ1) is 14.4. The van der Waals surface area contributed by atoms with Gasteiger partial charge in [-0.2, -0.15) is 0 Å². The molecule has 2 rings (SSSR count). The van der Waals surface area contributed by atoms with Crippen molar-refractivity contribution in [1.82, 2.24) is 5.32 Å². The summed E-state index contributed by atoms with van der Waals surface area (Å²) in [5.74, 6) is 1.67. The maximum atomic E-state index is 5.95. The fourth-order valence-corrected chi connectivity index (χ4v) is 4.16. The quantitative estimate of drug-likeness (QED) is 0.823. The highest BCUT2D eigenvalue weighted by Crippen LogP contribution is 2.30. The van der Waals surface area contributed by atoms with E-state index in [0.717, 1.165) is 35.2 Å². The highest BCUT2D eigenvalue weighted by molar-refractivity contribution is 7.16. The molecule has 0 saturated heterocycles. The van der Waals surface area contributed by atoms with E-state index in [1.807, 2.05) is 6.07 Å². The molecule has 1 nitrogen and oxygen atoms in total. The van der Waals surface area contributed by atoms with Gasteiger partial charge in [0.1, 0.15) is 0 Å². The molecule has 1 fully saturated rings. The van der Waals surface area contributed by atoms with Crippen molar-refractivity contribution < 1.29 is 0 Å². The minimum absolute atomic E-state index is 0.731. The van der Waals surface area contributed by atoms with Crippen LogP contribution in [0.2, 0.25) is 4.34 Å². The third-order valence-corrected chi connectivity index (χ3v) is 5.37. The summed E-state index contributed by atoms with van der Waals surface area (Å²) in [4.78, 5) is 1.39. The lowest BCUT2D eigenvalue weighted by Crippen LogP contribution is -2.41. The summed E-state index contributed by atoms with van der Waals surface area (Å²) < 4.78 is 0.905. The highest BCUT2D eigenvalue weighted by atomic mass is 35.5. The Kier molecular flexibility index (Phi) is 5.53. The van der Waals surface area contributed by atoms with Gasteiger partial charge in [-0.15, -0.1) is 11.3 Å². The lowest BCUT2D eigenvalue weighted by molar-refractivity contribution is 0.207. The summed E-state index contributed by atoms with van der Waals surface area (Å²) in [5, 5.41) is 3.77. The Morgan fingerprint density at radius 1 is 1.33 bits per heavy atom. The summed E-state index contributed by atoms with van der Waals surface area (Å²) in [7, 11) is 0. The van der Waals surface area contributed by atoms with Gasteiger partial charge in [0.15, 0.2) is 0 Å². The number of thiophene rings is 1. The Morgan fingerprint density at radius 3 is 2.78 bits per heavy atom. The smallest absolute Gasteiger partial charge is 0.0931 e. The number of hydrogen-bond donors (Lipinski definition) is 1. The van der Waals surface area contributed by atoms with Crippen LogP contribution in [-0.2, 0) is 6.42 Å². The largest absolute Gasteiger partial charge is 0.313 e. The molecule has 1 aromatic heterocycles. The van der Waals surface area contributed by atoms with E-state index in [9.17, 15) is 0 Å². The molecule has 0 amide bonds. The molecule has 0 spiro atoms. The lowest BCUT2D eigenvalue weighted by atomic mass is 9.78. The predicted molar refractivity (Wildman–Crippen MR) is 81.6 cm³/mol. The molecule has 2 unspecified atom stereocenters. The van der Waals surface area contributed by atoms with Crippen LogP contribution in [0.25, 0.3) is 0 Å². The summed E-state index contributed by atoms with van der Waals surface area (Å²) in [6.45, 7) is 5.82. The molecule has 18 heavy (non-hydrogen) atoms. The summed E-state index contributed by atoms with van der Waals surface area (Å²) in [6.07, 6.45) is 6.68. The lowest BCUT2D eigenvalue weighted by Gasteiger charge is -2.35. The molecular formula is C15H24ClNS. The van der Waals surface area contributed by atoms with Crippen LogP contribution >= 0.6 is 22.9 Å². The van der Waals surface area contributed by atoms with E-state index in [1.54, 1.807) is 11.3 Å². The van der Waals surface area contributed by atoms with Gasteiger partial charge in [0.2, 0.25) is 0 Å². The average molecular weight is 286 g/mol. The molecule has 0 aliphatic heterocycles.